The van der Waals surface area contributed by atoms with Gasteiger partial charge in [0.15, 0.2) is 0 Å². The minimum absolute atomic E-state index is 0.0640. The van der Waals surface area contributed by atoms with Crippen molar-refractivity contribution in [1.29, 1.82) is 0 Å². The summed E-state index contributed by atoms with van der Waals surface area (Å²) < 4.78 is 51.5. The second-order valence-corrected chi connectivity index (χ2v) is 5.48. The van der Waals surface area contributed by atoms with Crippen LogP contribution in [-0.4, -0.2) is 13.2 Å². The molecule has 5 heteroatoms. The number of alkyl halides is 3. The first-order chi connectivity index (χ1) is 9.41. The molecule has 0 saturated heterocycles. The van der Waals surface area contributed by atoms with Crippen LogP contribution >= 0.6 is 0 Å². The average molecular weight is 289 g/mol. The molecule has 0 amide bonds. The Labute approximate surface area is 116 Å². The summed E-state index contributed by atoms with van der Waals surface area (Å²) in [5.74, 6) is -1.61. The summed E-state index contributed by atoms with van der Waals surface area (Å²) in [5.41, 5.74) is 0.849. The molecule has 2 rings (SSSR count). The lowest BCUT2D eigenvalue weighted by Crippen LogP contribution is -2.34. The van der Waals surface area contributed by atoms with E-state index in [2.05, 4.69) is 5.32 Å². The van der Waals surface area contributed by atoms with Crippen LogP contribution in [0.3, 0.4) is 0 Å². The number of halogens is 4. The Balaban J connectivity index is 2.13. The van der Waals surface area contributed by atoms with Crippen molar-refractivity contribution in [3.05, 3.63) is 35.6 Å². The lowest BCUT2D eigenvalue weighted by Gasteiger charge is -2.35. The van der Waals surface area contributed by atoms with E-state index >= 15 is 0 Å². The predicted octanol–water partition coefficient (Wildman–Crippen LogP) is 4.45. The highest BCUT2D eigenvalue weighted by Crippen LogP contribution is 2.43. The van der Waals surface area contributed by atoms with Gasteiger partial charge >= 0.3 is 6.18 Å². The molecule has 1 nitrogen and oxygen atoms in total. The topological polar surface area (TPSA) is 12.0 Å². The van der Waals surface area contributed by atoms with Crippen LogP contribution in [-0.2, 0) is 0 Å². The third-order valence-electron chi connectivity index (χ3n) is 4.19. The summed E-state index contributed by atoms with van der Waals surface area (Å²) in [5, 5.41) is 3.09. The quantitative estimate of drug-likeness (QED) is 0.810. The van der Waals surface area contributed by atoms with Crippen molar-refractivity contribution in [3.8, 4) is 0 Å². The van der Waals surface area contributed by atoms with E-state index in [1.165, 1.54) is 12.1 Å². The van der Waals surface area contributed by atoms with Gasteiger partial charge in [0.25, 0.3) is 0 Å². The van der Waals surface area contributed by atoms with E-state index in [0.717, 1.165) is 12.0 Å². The predicted molar refractivity (Wildman–Crippen MR) is 69.7 cm³/mol. The van der Waals surface area contributed by atoms with Gasteiger partial charge in [-0.1, -0.05) is 18.6 Å². The molecule has 1 aromatic rings. The van der Waals surface area contributed by atoms with Crippen molar-refractivity contribution >= 4 is 0 Å². The standard InChI is InChI=1S/C15H19F4N/c1-20-14(10-5-7-13(16)8-6-10)11-3-2-4-12(9-11)15(17,18)19/h5-8,11-12,14,20H,2-4,9H2,1H3. The van der Waals surface area contributed by atoms with Gasteiger partial charge in [-0.3, -0.25) is 0 Å². The molecule has 1 N–H and O–H groups in total. The van der Waals surface area contributed by atoms with Crippen LogP contribution in [0.2, 0.25) is 0 Å². The van der Waals surface area contributed by atoms with Gasteiger partial charge in [0, 0.05) is 6.04 Å². The highest BCUT2D eigenvalue weighted by molar-refractivity contribution is 5.21. The van der Waals surface area contributed by atoms with E-state index < -0.39 is 12.1 Å². The first kappa shape index (κ1) is 15.3. The molecule has 0 bridgehead atoms. The largest absolute Gasteiger partial charge is 0.391 e. The Morgan fingerprint density at radius 1 is 1.15 bits per heavy atom. The van der Waals surface area contributed by atoms with Gasteiger partial charge in [0.05, 0.1) is 5.92 Å². The van der Waals surface area contributed by atoms with Gasteiger partial charge in [-0.15, -0.1) is 0 Å². The molecular formula is C15H19F4N. The molecule has 1 saturated carbocycles. The number of rotatable bonds is 3. The van der Waals surface area contributed by atoms with Crippen LogP contribution in [0.4, 0.5) is 17.6 Å². The Morgan fingerprint density at radius 2 is 1.80 bits per heavy atom. The van der Waals surface area contributed by atoms with Crippen molar-refractivity contribution in [3.63, 3.8) is 0 Å². The lowest BCUT2D eigenvalue weighted by atomic mass is 9.76. The summed E-state index contributed by atoms with van der Waals surface area (Å²) in [6, 6.07) is 5.84. The summed E-state index contributed by atoms with van der Waals surface area (Å²) in [4.78, 5) is 0. The molecule has 20 heavy (non-hydrogen) atoms. The number of hydrogen-bond donors (Lipinski definition) is 1. The van der Waals surface area contributed by atoms with Crippen LogP contribution in [0.5, 0.6) is 0 Å². The highest BCUT2D eigenvalue weighted by Gasteiger charge is 2.43. The molecule has 3 unspecified atom stereocenters. The van der Waals surface area contributed by atoms with E-state index in [0.29, 0.717) is 6.42 Å². The molecule has 0 aliphatic heterocycles. The summed E-state index contributed by atoms with van der Waals surface area (Å²) in [6.07, 6.45) is -2.38. The minimum Gasteiger partial charge on any atom is -0.313 e. The summed E-state index contributed by atoms with van der Waals surface area (Å²) in [6.45, 7) is 0. The van der Waals surface area contributed by atoms with Crippen molar-refractivity contribution < 1.29 is 17.6 Å². The first-order valence-electron chi connectivity index (χ1n) is 6.91. The Morgan fingerprint density at radius 3 is 2.35 bits per heavy atom. The number of hydrogen-bond acceptors (Lipinski definition) is 1. The first-order valence-corrected chi connectivity index (χ1v) is 6.91. The zero-order chi connectivity index (χ0) is 14.8. The maximum Gasteiger partial charge on any atom is 0.391 e. The van der Waals surface area contributed by atoms with Gasteiger partial charge in [-0.2, -0.15) is 13.2 Å². The Kier molecular flexibility index (Phi) is 4.68. The molecule has 0 aromatic heterocycles. The molecule has 112 valence electrons. The third kappa shape index (κ3) is 3.51. The Bertz CT molecular complexity index is 426. The van der Waals surface area contributed by atoms with Crippen LogP contribution in [0.25, 0.3) is 0 Å². The minimum atomic E-state index is -4.11. The molecular weight excluding hydrogens is 270 g/mol. The van der Waals surface area contributed by atoms with E-state index in [4.69, 9.17) is 0 Å². The molecule has 3 atom stereocenters. The van der Waals surface area contributed by atoms with Crippen LogP contribution in [0.15, 0.2) is 24.3 Å². The fourth-order valence-electron chi connectivity index (χ4n) is 3.17. The van der Waals surface area contributed by atoms with Crippen molar-refractivity contribution in [2.75, 3.05) is 7.05 Å². The molecule has 1 aliphatic rings. The fourth-order valence-corrected chi connectivity index (χ4v) is 3.17. The molecule has 0 radical (unpaired) electrons. The van der Waals surface area contributed by atoms with E-state index in [1.54, 1.807) is 19.2 Å². The zero-order valence-electron chi connectivity index (χ0n) is 11.4. The third-order valence-corrected chi connectivity index (χ3v) is 4.19. The number of nitrogens with one attached hydrogen (secondary N) is 1. The van der Waals surface area contributed by atoms with Gasteiger partial charge in [-0.25, -0.2) is 4.39 Å². The van der Waals surface area contributed by atoms with Gasteiger partial charge < -0.3 is 5.32 Å². The second-order valence-electron chi connectivity index (χ2n) is 5.48. The van der Waals surface area contributed by atoms with Gasteiger partial charge in [-0.05, 0) is 49.9 Å². The van der Waals surface area contributed by atoms with E-state index in [9.17, 15) is 17.6 Å². The smallest absolute Gasteiger partial charge is 0.313 e. The fraction of sp³-hybridized carbons (Fsp3) is 0.600. The SMILES string of the molecule is CNC(c1ccc(F)cc1)C1CCCC(C(F)(F)F)C1. The molecule has 1 fully saturated rings. The van der Waals surface area contributed by atoms with Gasteiger partial charge in [0.2, 0.25) is 0 Å². The highest BCUT2D eigenvalue weighted by atomic mass is 19.4. The zero-order valence-corrected chi connectivity index (χ0v) is 11.4. The molecule has 0 heterocycles. The van der Waals surface area contributed by atoms with Crippen molar-refractivity contribution in [1.82, 2.24) is 5.32 Å². The second kappa shape index (κ2) is 6.12. The van der Waals surface area contributed by atoms with Crippen LogP contribution in [0.1, 0.15) is 37.3 Å². The summed E-state index contributed by atoms with van der Waals surface area (Å²) >= 11 is 0. The maximum absolute atomic E-state index is 12.9. The van der Waals surface area contributed by atoms with Crippen LogP contribution < -0.4 is 5.32 Å². The van der Waals surface area contributed by atoms with Gasteiger partial charge in [0.1, 0.15) is 5.82 Å². The average Bonchev–Trinajstić information content (AvgIpc) is 2.41. The Hall–Kier alpha value is -1.10. The van der Waals surface area contributed by atoms with Crippen molar-refractivity contribution in [2.24, 2.45) is 11.8 Å². The maximum atomic E-state index is 12.9. The van der Waals surface area contributed by atoms with E-state index in [-0.39, 0.29) is 30.6 Å². The number of benzene rings is 1. The monoisotopic (exact) mass is 289 g/mol. The lowest BCUT2D eigenvalue weighted by molar-refractivity contribution is -0.186. The van der Waals surface area contributed by atoms with Crippen LogP contribution in [0, 0.1) is 17.7 Å². The normalized spacial score (nSPS) is 25.4. The summed E-state index contributed by atoms with van der Waals surface area (Å²) in [7, 11) is 1.74. The molecule has 1 aliphatic carbocycles. The van der Waals surface area contributed by atoms with E-state index in [1.807, 2.05) is 0 Å². The molecule has 1 aromatic carbocycles. The van der Waals surface area contributed by atoms with Crippen molar-refractivity contribution in [2.45, 2.75) is 37.9 Å². The molecule has 0 spiro atoms.